The molecule has 3 N–H and O–H groups in total. The van der Waals surface area contributed by atoms with E-state index in [1.807, 2.05) is 6.07 Å². The Labute approximate surface area is 224 Å². The Morgan fingerprint density at radius 1 is 1.32 bits per heavy atom. The van der Waals surface area contributed by atoms with E-state index in [0.29, 0.717) is 35.6 Å². The summed E-state index contributed by atoms with van der Waals surface area (Å²) < 4.78 is 27.7. The largest absolute Gasteiger partial charge is 0.356 e. The number of fused-ring (bicyclic) bond motifs is 1. The summed E-state index contributed by atoms with van der Waals surface area (Å²) in [6, 6.07) is 7.90. The number of nitrogens with zero attached hydrogens (tertiary/aromatic N) is 2. The molecule has 1 saturated carbocycles. The van der Waals surface area contributed by atoms with Crippen molar-refractivity contribution in [3.8, 4) is 6.07 Å². The summed E-state index contributed by atoms with van der Waals surface area (Å²) in [6.45, 7) is 0.822. The topological polar surface area (TPSA) is 118 Å². The summed E-state index contributed by atoms with van der Waals surface area (Å²) >= 11 is 6.25. The first kappa shape index (κ1) is 26.4. The highest BCUT2D eigenvalue weighted by atomic mass is 35.5. The lowest BCUT2D eigenvalue weighted by molar-refractivity contribution is -0.155. The predicted molar refractivity (Wildman–Crippen MR) is 136 cm³/mol. The Morgan fingerprint density at radius 3 is 2.79 bits per heavy atom. The number of hydrogen-bond acceptors (Lipinski definition) is 4. The van der Waals surface area contributed by atoms with Crippen molar-refractivity contribution in [3.05, 3.63) is 35.0 Å². The lowest BCUT2D eigenvalue weighted by Gasteiger charge is -2.44. The van der Waals surface area contributed by atoms with Crippen molar-refractivity contribution in [1.29, 1.82) is 5.26 Å². The van der Waals surface area contributed by atoms with Crippen LogP contribution in [-0.2, 0) is 9.59 Å². The highest BCUT2D eigenvalue weighted by Gasteiger charge is 2.61. The molecule has 3 aliphatic rings. The zero-order chi connectivity index (χ0) is 27.1. The van der Waals surface area contributed by atoms with E-state index < -0.39 is 23.4 Å². The Balaban J connectivity index is 1.25. The number of para-hydroxylation sites is 1. The molecule has 3 fully saturated rings. The second-order valence-corrected chi connectivity index (χ2v) is 11.4. The standard InChI is InChI=1S/C27H30ClF2N5O3/c28-20-5-1-3-16-10-21(34-23(16)20)25(38)35-15-26(13-27(29,30)14-26)11-19(35)6-7-22(36)33-18(12-31)9-17-4-2-8-32-24(17)37/h1,3,5,10,17-19,34H,2,4,6-9,11,13-15H2,(H,32,37)(H,33,36)/t17-,18-,19?/m0/s1. The highest BCUT2D eigenvalue weighted by molar-refractivity contribution is 6.35. The number of piperidine rings is 1. The molecule has 1 aliphatic carbocycles. The molecule has 5 rings (SSSR count). The van der Waals surface area contributed by atoms with E-state index in [9.17, 15) is 28.4 Å². The molecule has 202 valence electrons. The molecular formula is C27H30ClF2N5O3. The predicted octanol–water partition coefficient (Wildman–Crippen LogP) is 4.16. The van der Waals surface area contributed by atoms with E-state index in [1.165, 1.54) is 0 Å². The number of rotatable bonds is 7. The molecule has 0 radical (unpaired) electrons. The molecule has 2 saturated heterocycles. The quantitative estimate of drug-likeness (QED) is 0.484. The van der Waals surface area contributed by atoms with Crippen molar-refractivity contribution in [2.24, 2.45) is 11.3 Å². The third-order valence-corrected chi connectivity index (χ3v) is 8.41. The molecule has 1 aromatic carbocycles. The van der Waals surface area contributed by atoms with Crippen molar-refractivity contribution in [2.45, 2.75) is 69.4 Å². The summed E-state index contributed by atoms with van der Waals surface area (Å²) in [4.78, 5) is 43.0. The van der Waals surface area contributed by atoms with Crippen molar-refractivity contribution in [1.82, 2.24) is 20.5 Å². The monoisotopic (exact) mass is 545 g/mol. The van der Waals surface area contributed by atoms with Crippen LogP contribution in [0.2, 0.25) is 5.02 Å². The van der Waals surface area contributed by atoms with E-state index in [0.717, 1.165) is 11.8 Å². The highest BCUT2D eigenvalue weighted by Crippen LogP contribution is 2.58. The van der Waals surface area contributed by atoms with Crippen LogP contribution in [0.1, 0.15) is 61.9 Å². The van der Waals surface area contributed by atoms with Crippen LogP contribution < -0.4 is 10.6 Å². The minimum atomic E-state index is -2.74. The number of nitrogens with one attached hydrogen (secondary N) is 3. The maximum absolute atomic E-state index is 13.9. The molecule has 1 unspecified atom stereocenters. The number of aromatic amines is 1. The maximum Gasteiger partial charge on any atom is 0.270 e. The first-order chi connectivity index (χ1) is 18.1. The molecule has 1 aromatic heterocycles. The van der Waals surface area contributed by atoms with Crippen LogP contribution in [0.3, 0.4) is 0 Å². The number of nitriles is 1. The zero-order valence-electron chi connectivity index (χ0n) is 20.9. The minimum absolute atomic E-state index is 0.0362. The fraction of sp³-hybridized carbons (Fsp3) is 0.556. The van der Waals surface area contributed by atoms with E-state index in [-0.39, 0.29) is 62.3 Å². The molecule has 11 heteroatoms. The smallest absolute Gasteiger partial charge is 0.270 e. The number of carbonyl (C=O) groups is 3. The molecule has 3 heterocycles. The van der Waals surface area contributed by atoms with Crippen LogP contribution in [-0.4, -0.2) is 58.7 Å². The number of aromatic nitrogens is 1. The number of alkyl halides is 2. The molecular weight excluding hydrogens is 516 g/mol. The molecule has 3 atom stereocenters. The molecule has 3 amide bonds. The number of amides is 3. The Hall–Kier alpha value is -3.19. The first-order valence-corrected chi connectivity index (χ1v) is 13.4. The van der Waals surface area contributed by atoms with Crippen molar-refractivity contribution in [3.63, 3.8) is 0 Å². The third kappa shape index (κ3) is 5.35. The van der Waals surface area contributed by atoms with Gasteiger partial charge in [-0.15, -0.1) is 0 Å². The van der Waals surface area contributed by atoms with Gasteiger partial charge >= 0.3 is 0 Å². The fourth-order valence-corrected chi connectivity index (χ4v) is 6.63. The van der Waals surface area contributed by atoms with Crippen molar-refractivity contribution >= 4 is 40.2 Å². The van der Waals surface area contributed by atoms with Gasteiger partial charge in [-0.1, -0.05) is 23.7 Å². The lowest BCUT2D eigenvalue weighted by Crippen LogP contribution is -2.48. The van der Waals surface area contributed by atoms with E-state index >= 15 is 0 Å². The number of halogens is 3. The average molecular weight is 546 g/mol. The molecule has 8 nitrogen and oxygen atoms in total. The van der Waals surface area contributed by atoms with Crippen molar-refractivity contribution < 1.29 is 23.2 Å². The number of carbonyl (C=O) groups excluding carboxylic acids is 3. The molecule has 1 spiro atoms. The number of likely N-dealkylation sites (tertiary alicyclic amines) is 1. The lowest BCUT2D eigenvalue weighted by atomic mass is 9.64. The van der Waals surface area contributed by atoms with E-state index in [2.05, 4.69) is 21.7 Å². The van der Waals surface area contributed by atoms with Gasteiger partial charge in [0, 0.05) is 55.1 Å². The van der Waals surface area contributed by atoms with Crippen LogP contribution >= 0.6 is 11.6 Å². The van der Waals surface area contributed by atoms with Gasteiger partial charge < -0.3 is 20.5 Å². The average Bonchev–Trinajstić information content (AvgIpc) is 3.45. The number of H-pyrrole nitrogens is 1. The van der Waals surface area contributed by atoms with Gasteiger partial charge in [0.2, 0.25) is 17.7 Å². The Kier molecular flexibility index (Phi) is 7.07. The summed E-state index contributed by atoms with van der Waals surface area (Å²) in [6.07, 6.45) is 1.91. The van der Waals surface area contributed by atoms with E-state index in [4.69, 9.17) is 11.6 Å². The Bertz CT molecular complexity index is 1300. The number of hydrogen-bond donors (Lipinski definition) is 3. The van der Waals surface area contributed by atoms with Crippen LogP contribution in [0.4, 0.5) is 8.78 Å². The summed E-state index contributed by atoms with van der Waals surface area (Å²) in [7, 11) is 0. The van der Waals surface area contributed by atoms with Gasteiger partial charge in [0.05, 0.1) is 16.6 Å². The second-order valence-electron chi connectivity index (χ2n) is 11.0. The minimum Gasteiger partial charge on any atom is -0.356 e. The molecule has 0 bridgehead atoms. The fourth-order valence-electron chi connectivity index (χ4n) is 6.40. The van der Waals surface area contributed by atoms with Crippen LogP contribution in [0.5, 0.6) is 0 Å². The van der Waals surface area contributed by atoms with Crippen molar-refractivity contribution in [2.75, 3.05) is 13.1 Å². The Morgan fingerprint density at radius 2 is 2.11 bits per heavy atom. The summed E-state index contributed by atoms with van der Waals surface area (Å²) in [5, 5.41) is 16.2. The molecule has 2 aliphatic heterocycles. The van der Waals surface area contributed by atoms with Gasteiger partial charge in [0.15, 0.2) is 0 Å². The number of benzene rings is 1. The van der Waals surface area contributed by atoms with Gasteiger partial charge in [0.25, 0.3) is 5.91 Å². The SMILES string of the molecule is N#C[C@H](C[C@@H]1CCCNC1=O)NC(=O)CCC1CC2(CN1C(=O)c1cc3cccc(Cl)c3[nH]1)CC(F)(F)C2. The van der Waals surface area contributed by atoms with Gasteiger partial charge in [-0.05, 0) is 44.2 Å². The maximum atomic E-state index is 13.9. The van der Waals surface area contributed by atoms with Gasteiger partial charge in [-0.2, -0.15) is 5.26 Å². The second kappa shape index (κ2) is 10.2. The van der Waals surface area contributed by atoms with Crippen LogP contribution in [0.15, 0.2) is 24.3 Å². The normalized spacial score (nSPS) is 24.5. The van der Waals surface area contributed by atoms with Gasteiger partial charge in [0.1, 0.15) is 11.7 Å². The van der Waals surface area contributed by atoms with Gasteiger partial charge in [-0.3, -0.25) is 14.4 Å². The summed E-state index contributed by atoms with van der Waals surface area (Å²) in [5.41, 5.74) is 0.292. The van der Waals surface area contributed by atoms with Crippen LogP contribution in [0, 0.1) is 22.7 Å². The zero-order valence-corrected chi connectivity index (χ0v) is 21.6. The van der Waals surface area contributed by atoms with E-state index in [1.54, 1.807) is 23.1 Å². The first-order valence-electron chi connectivity index (χ1n) is 13.0. The third-order valence-electron chi connectivity index (χ3n) is 8.09. The van der Waals surface area contributed by atoms with Gasteiger partial charge in [-0.25, -0.2) is 8.78 Å². The molecule has 2 aromatic rings. The van der Waals surface area contributed by atoms with Crippen LogP contribution in [0.25, 0.3) is 10.9 Å². The summed E-state index contributed by atoms with van der Waals surface area (Å²) in [5.74, 6) is -3.83. The molecule has 38 heavy (non-hydrogen) atoms.